The largest absolute Gasteiger partial charge is 0.284 e. The molecule has 3 aromatic rings. The second-order valence-corrected chi connectivity index (χ2v) is 5.54. The molecule has 0 amide bonds. The lowest BCUT2D eigenvalue weighted by atomic mass is 10.0. The molecule has 3 heteroatoms. The summed E-state index contributed by atoms with van der Waals surface area (Å²) >= 11 is 0. The Hall–Kier alpha value is -2.16. The fourth-order valence-corrected chi connectivity index (χ4v) is 2.74. The van der Waals surface area contributed by atoms with Gasteiger partial charge >= 0.3 is 0 Å². The van der Waals surface area contributed by atoms with Crippen LogP contribution >= 0.6 is 0 Å². The van der Waals surface area contributed by atoms with Crippen molar-refractivity contribution in [1.82, 2.24) is 14.4 Å². The molecular weight excluding hydrogens is 246 g/mol. The zero-order chi connectivity index (χ0) is 14.3. The predicted octanol–water partition coefficient (Wildman–Crippen LogP) is 4.14. The third-order valence-corrected chi connectivity index (χ3v) is 3.54. The molecule has 1 aromatic carbocycles. The number of benzene rings is 1. The normalized spacial score (nSPS) is 11.4. The van der Waals surface area contributed by atoms with E-state index in [9.17, 15) is 0 Å². The Labute approximate surface area is 119 Å². The molecule has 0 unspecified atom stereocenters. The van der Waals surface area contributed by atoms with Gasteiger partial charge < -0.3 is 0 Å². The molecule has 0 aliphatic rings. The summed E-state index contributed by atoms with van der Waals surface area (Å²) in [4.78, 5) is 9.36. The van der Waals surface area contributed by atoms with Gasteiger partial charge in [0.15, 0.2) is 0 Å². The van der Waals surface area contributed by atoms with Gasteiger partial charge in [-0.1, -0.05) is 44.2 Å². The van der Waals surface area contributed by atoms with Crippen molar-refractivity contribution in [3.63, 3.8) is 0 Å². The molecule has 20 heavy (non-hydrogen) atoms. The minimum absolute atomic E-state index is 0.392. The van der Waals surface area contributed by atoms with E-state index < -0.39 is 0 Å². The van der Waals surface area contributed by atoms with Crippen LogP contribution in [0.2, 0.25) is 0 Å². The van der Waals surface area contributed by atoms with Crippen LogP contribution in [-0.2, 0) is 0 Å². The van der Waals surface area contributed by atoms with E-state index in [0.29, 0.717) is 5.92 Å². The Morgan fingerprint density at radius 2 is 1.70 bits per heavy atom. The molecule has 3 rings (SSSR count). The van der Waals surface area contributed by atoms with Crippen molar-refractivity contribution in [2.45, 2.75) is 33.6 Å². The molecule has 102 valence electrons. The second kappa shape index (κ2) is 4.75. The summed E-state index contributed by atoms with van der Waals surface area (Å²) in [5, 5.41) is 0. The lowest BCUT2D eigenvalue weighted by Gasteiger charge is -2.10. The third kappa shape index (κ3) is 1.99. The summed E-state index contributed by atoms with van der Waals surface area (Å²) in [6.07, 6.45) is 0. The summed E-state index contributed by atoms with van der Waals surface area (Å²) in [7, 11) is 0. The van der Waals surface area contributed by atoms with E-state index >= 15 is 0 Å². The first kappa shape index (κ1) is 12.9. The number of imidazole rings is 1. The van der Waals surface area contributed by atoms with Crippen molar-refractivity contribution >= 4 is 5.78 Å². The topological polar surface area (TPSA) is 30.2 Å². The van der Waals surface area contributed by atoms with Crippen LogP contribution in [0.25, 0.3) is 17.0 Å². The monoisotopic (exact) mass is 265 g/mol. The van der Waals surface area contributed by atoms with Crippen LogP contribution in [0.1, 0.15) is 36.8 Å². The van der Waals surface area contributed by atoms with Crippen LogP contribution in [0, 0.1) is 13.8 Å². The third-order valence-electron chi connectivity index (χ3n) is 3.54. The Balaban J connectivity index is 2.38. The van der Waals surface area contributed by atoms with Crippen LogP contribution in [0.4, 0.5) is 0 Å². The van der Waals surface area contributed by atoms with Crippen molar-refractivity contribution in [2.24, 2.45) is 0 Å². The van der Waals surface area contributed by atoms with E-state index in [1.807, 2.05) is 13.0 Å². The minimum Gasteiger partial charge on any atom is -0.284 e. The van der Waals surface area contributed by atoms with E-state index in [0.717, 1.165) is 22.7 Å². The fourth-order valence-electron chi connectivity index (χ4n) is 2.74. The first-order valence-corrected chi connectivity index (χ1v) is 7.00. The van der Waals surface area contributed by atoms with Crippen LogP contribution < -0.4 is 0 Å². The lowest BCUT2D eigenvalue weighted by Crippen LogP contribution is -2.02. The Morgan fingerprint density at radius 1 is 1.00 bits per heavy atom. The van der Waals surface area contributed by atoms with Crippen molar-refractivity contribution < 1.29 is 0 Å². The van der Waals surface area contributed by atoms with Gasteiger partial charge in [-0.15, -0.1) is 0 Å². The predicted molar refractivity (Wildman–Crippen MR) is 82.0 cm³/mol. The van der Waals surface area contributed by atoms with Gasteiger partial charge in [0.25, 0.3) is 0 Å². The molecule has 0 N–H and O–H groups in total. The maximum Gasteiger partial charge on any atom is 0.235 e. The summed E-state index contributed by atoms with van der Waals surface area (Å²) in [6, 6.07) is 12.5. The molecule has 0 radical (unpaired) electrons. The summed E-state index contributed by atoms with van der Waals surface area (Å²) < 4.78 is 2.18. The number of nitrogens with zero attached hydrogens (tertiary/aromatic N) is 3. The molecule has 3 nitrogen and oxygen atoms in total. The van der Waals surface area contributed by atoms with Crippen molar-refractivity contribution in [3.05, 3.63) is 53.5 Å². The number of fused-ring (bicyclic) bond motifs is 1. The highest BCUT2D eigenvalue weighted by Crippen LogP contribution is 2.30. The quantitative estimate of drug-likeness (QED) is 0.697. The molecule has 0 saturated carbocycles. The van der Waals surface area contributed by atoms with Crippen LogP contribution in [0.3, 0.4) is 0 Å². The van der Waals surface area contributed by atoms with Gasteiger partial charge in [-0.05, 0) is 25.8 Å². The highest BCUT2D eigenvalue weighted by molar-refractivity contribution is 5.66. The summed E-state index contributed by atoms with van der Waals surface area (Å²) in [6.45, 7) is 8.54. The highest BCUT2D eigenvalue weighted by atomic mass is 15.1. The molecular formula is C17H19N3. The second-order valence-electron chi connectivity index (χ2n) is 5.54. The molecule has 0 aliphatic heterocycles. The molecule has 0 aliphatic carbocycles. The molecule has 0 bridgehead atoms. The van der Waals surface area contributed by atoms with Crippen molar-refractivity contribution in [3.8, 4) is 11.3 Å². The number of aromatic nitrogens is 3. The lowest BCUT2D eigenvalue weighted by molar-refractivity contribution is 0.795. The fraction of sp³-hybridized carbons (Fsp3) is 0.294. The Bertz CT molecular complexity index is 755. The molecule has 0 atom stereocenters. The van der Waals surface area contributed by atoms with E-state index in [4.69, 9.17) is 4.98 Å². The number of rotatable bonds is 2. The van der Waals surface area contributed by atoms with E-state index in [1.165, 1.54) is 11.4 Å². The minimum atomic E-state index is 0.392. The molecule has 2 heterocycles. The van der Waals surface area contributed by atoms with Gasteiger partial charge in [0.2, 0.25) is 5.78 Å². The SMILES string of the molecule is Cc1cc(C)n2c(C(C)C)c(-c3ccccc3)nc2n1. The molecule has 0 saturated heterocycles. The van der Waals surface area contributed by atoms with Gasteiger partial charge in [0.1, 0.15) is 0 Å². The van der Waals surface area contributed by atoms with Gasteiger partial charge in [-0.25, -0.2) is 9.97 Å². The zero-order valence-corrected chi connectivity index (χ0v) is 12.4. The Morgan fingerprint density at radius 3 is 2.35 bits per heavy atom. The maximum absolute atomic E-state index is 4.78. The van der Waals surface area contributed by atoms with E-state index in [-0.39, 0.29) is 0 Å². The number of hydrogen-bond acceptors (Lipinski definition) is 2. The average Bonchev–Trinajstić information content (AvgIpc) is 2.79. The first-order valence-electron chi connectivity index (χ1n) is 7.00. The standard InChI is InChI=1S/C17H19N3/c1-11(2)16-15(14-8-6-5-7-9-14)19-17-18-12(3)10-13(4)20(16)17/h5-11H,1-4H3. The summed E-state index contributed by atoms with van der Waals surface area (Å²) in [5.41, 5.74) is 5.62. The smallest absolute Gasteiger partial charge is 0.235 e. The molecule has 0 spiro atoms. The van der Waals surface area contributed by atoms with Crippen molar-refractivity contribution in [2.75, 3.05) is 0 Å². The number of hydrogen-bond donors (Lipinski definition) is 0. The Kier molecular flexibility index (Phi) is 3.05. The van der Waals surface area contributed by atoms with Gasteiger partial charge in [-0.3, -0.25) is 4.40 Å². The van der Waals surface area contributed by atoms with Crippen LogP contribution in [0.15, 0.2) is 36.4 Å². The highest BCUT2D eigenvalue weighted by Gasteiger charge is 2.18. The van der Waals surface area contributed by atoms with Gasteiger partial charge in [0.05, 0.1) is 11.4 Å². The average molecular weight is 265 g/mol. The number of aryl methyl sites for hydroxylation is 2. The zero-order valence-electron chi connectivity index (χ0n) is 12.4. The van der Waals surface area contributed by atoms with Gasteiger partial charge in [0, 0.05) is 17.0 Å². The van der Waals surface area contributed by atoms with Crippen molar-refractivity contribution in [1.29, 1.82) is 0 Å². The summed E-state index contributed by atoms with van der Waals surface area (Å²) in [5.74, 6) is 1.19. The van der Waals surface area contributed by atoms with Crippen LogP contribution in [-0.4, -0.2) is 14.4 Å². The van der Waals surface area contributed by atoms with Gasteiger partial charge in [-0.2, -0.15) is 0 Å². The van der Waals surface area contributed by atoms with E-state index in [1.54, 1.807) is 0 Å². The maximum atomic E-state index is 4.78. The van der Waals surface area contributed by atoms with E-state index in [2.05, 4.69) is 60.5 Å². The first-order chi connectivity index (χ1) is 9.58. The van der Waals surface area contributed by atoms with Crippen LogP contribution in [0.5, 0.6) is 0 Å². The molecule has 0 fully saturated rings. The molecule has 2 aromatic heterocycles.